The number of carboxylic acid groups (broad SMARTS) is 1. The van der Waals surface area contributed by atoms with Crippen LogP contribution in [0.4, 0.5) is 0 Å². The molecule has 6 heteroatoms. The van der Waals surface area contributed by atoms with Gasteiger partial charge in [-0.05, 0) is 25.5 Å². The summed E-state index contributed by atoms with van der Waals surface area (Å²) < 4.78 is 0. The number of carboxylic acids is 1. The van der Waals surface area contributed by atoms with Crippen molar-refractivity contribution in [1.29, 1.82) is 0 Å². The zero-order chi connectivity index (χ0) is 13.7. The van der Waals surface area contributed by atoms with E-state index in [1.54, 1.807) is 13.0 Å². The highest BCUT2D eigenvalue weighted by Gasteiger charge is 2.16. The molecule has 0 bridgehead atoms. The molecule has 1 aromatic rings. The monoisotopic (exact) mass is 271 g/mol. The maximum atomic E-state index is 10.4. The Balaban J connectivity index is 2.58. The highest BCUT2D eigenvalue weighted by molar-refractivity contribution is 7.09. The van der Waals surface area contributed by atoms with Crippen LogP contribution in [0.1, 0.15) is 30.5 Å². The molecule has 3 N–H and O–H groups in total. The second-order valence-corrected chi connectivity index (χ2v) is 5.25. The van der Waals surface area contributed by atoms with Crippen molar-refractivity contribution in [2.75, 3.05) is 0 Å². The number of thiazole rings is 1. The lowest BCUT2D eigenvalue weighted by Crippen LogP contribution is -2.21. The minimum absolute atomic E-state index is 0.0117. The van der Waals surface area contributed by atoms with Crippen molar-refractivity contribution in [3.05, 3.63) is 21.7 Å². The summed E-state index contributed by atoms with van der Waals surface area (Å²) in [5.74, 6) is -1.08. The van der Waals surface area contributed by atoms with Crippen molar-refractivity contribution in [3.8, 4) is 0 Å². The number of carbonyl (C=O) groups is 1. The van der Waals surface area contributed by atoms with Crippen LogP contribution in [0.2, 0.25) is 0 Å². The lowest BCUT2D eigenvalue weighted by atomic mass is 10.0. The Kier molecular flexibility index (Phi) is 5.46. The molecular formula is C12H17NO4S. The van der Waals surface area contributed by atoms with Crippen LogP contribution in [-0.2, 0) is 4.79 Å². The Hall–Kier alpha value is -1.24. The van der Waals surface area contributed by atoms with Gasteiger partial charge in [-0.15, -0.1) is 11.3 Å². The Morgan fingerprint density at radius 3 is 2.72 bits per heavy atom. The van der Waals surface area contributed by atoms with Crippen LogP contribution >= 0.6 is 11.3 Å². The van der Waals surface area contributed by atoms with E-state index in [-0.39, 0.29) is 12.8 Å². The van der Waals surface area contributed by atoms with Gasteiger partial charge in [-0.3, -0.25) is 4.79 Å². The summed E-state index contributed by atoms with van der Waals surface area (Å²) in [7, 11) is 0. The minimum Gasteiger partial charge on any atom is -0.481 e. The lowest BCUT2D eigenvalue weighted by Gasteiger charge is -2.14. The number of aliphatic hydroxyl groups is 2. The summed E-state index contributed by atoms with van der Waals surface area (Å²) in [4.78, 5) is 14.6. The van der Waals surface area contributed by atoms with E-state index in [9.17, 15) is 15.0 Å². The first-order valence-corrected chi connectivity index (χ1v) is 6.44. The van der Waals surface area contributed by atoms with E-state index >= 15 is 0 Å². The Labute approximate surface area is 109 Å². The number of hydrogen-bond acceptors (Lipinski definition) is 5. The molecule has 0 aliphatic heterocycles. The molecule has 5 nitrogen and oxygen atoms in total. The number of aryl methyl sites for hydroxylation is 1. The predicted molar refractivity (Wildman–Crippen MR) is 69.4 cm³/mol. The zero-order valence-corrected chi connectivity index (χ0v) is 11.1. The largest absolute Gasteiger partial charge is 0.481 e. The minimum atomic E-state index is -1.08. The Morgan fingerprint density at radius 2 is 2.22 bits per heavy atom. The van der Waals surface area contributed by atoms with Crippen LogP contribution in [0.5, 0.6) is 0 Å². The molecule has 1 rings (SSSR count). The fourth-order valence-corrected chi connectivity index (χ4v) is 2.07. The molecule has 0 radical (unpaired) electrons. The third kappa shape index (κ3) is 4.95. The number of aromatic nitrogens is 1. The maximum Gasteiger partial charge on any atom is 0.305 e. The highest BCUT2D eigenvalue weighted by atomic mass is 32.1. The van der Waals surface area contributed by atoms with Gasteiger partial charge in [0.25, 0.3) is 0 Å². The first-order chi connectivity index (χ1) is 8.38. The molecule has 0 saturated heterocycles. The molecule has 2 atom stereocenters. The SMILES string of the molecule is C/C(=C\c1csc(C)n1)[C@H](O)C[C@H](O)CC(=O)O. The number of aliphatic hydroxyl groups excluding tert-OH is 2. The molecule has 0 saturated carbocycles. The Bertz CT molecular complexity index is 441. The summed E-state index contributed by atoms with van der Waals surface area (Å²) in [5, 5.41) is 30.6. The summed E-state index contributed by atoms with van der Waals surface area (Å²) in [6.45, 7) is 3.62. The predicted octanol–water partition coefficient (Wildman–Crippen LogP) is 1.44. The molecule has 0 amide bonds. The molecule has 1 aromatic heterocycles. The molecule has 0 aliphatic carbocycles. The fourth-order valence-electron chi connectivity index (χ4n) is 1.50. The summed E-state index contributed by atoms with van der Waals surface area (Å²) >= 11 is 1.52. The molecular weight excluding hydrogens is 254 g/mol. The van der Waals surface area contributed by atoms with Crippen LogP contribution in [0.15, 0.2) is 11.0 Å². The van der Waals surface area contributed by atoms with Gasteiger partial charge >= 0.3 is 5.97 Å². The highest BCUT2D eigenvalue weighted by Crippen LogP contribution is 2.16. The number of aliphatic carboxylic acids is 1. The third-order valence-corrected chi connectivity index (χ3v) is 3.24. The second-order valence-electron chi connectivity index (χ2n) is 4.18. The topological polar surface area (TPSA) is 90.7 Å². The average Bonchev–Trinajstić information content (AvgIpc) is 2.62. The van der Waals surface area contributed by atoms with Crippen LogP contribution in [0.25, 0.3) is 6.08 Å². The van der Waals surface area contributed by atoms with Crippen molar-refractivity contribution in [2.45, 2.75) is 38.9 Å². The normalized spacial score (nSPS) is 15.4. The first-order valence-electron chi connectivity index (χ1n) is 5.56. The van der Waals surface area contributed by atoms with Gasteiger partial charge in [0.05, 0.1) is 29.3 Å². The summed E-state index contributed by atoms with van der Waals surface area (Å²) in [5.41, 5.74) is 1.42. The van der Waals surface area contributed by atoms with E-state index in [2.05, 4.69) is 4.98 Å². The van der Waals surface area contributed by atoms with Crippen molar-refractivity contribution in [2.24, 2.45) is 0 Å². The smallest absolute Gasteiger partial charge is 0.305 e. The van der Waals surface area contributed by atoms with Crippen molar-refractivity contribution >= 4 is 23.4 Å². The van der Waals surface area contributed by atoms with Gasteiger partial charge in [0, 0.05) is 11.8 Å². The van der Waals surface area contributed by atoms with Crippen molar-refractivity contribution < 1.29 is 20.1 Å². The third-order valence-electron chi connectivity index (χ3n) is 2.44. The molecule has 0 spiro atoms. The molecule has 0 aromatic carbocycles. The fraction of sp³-hybridized carbons (Fsp3) is 0.500. The number of hydrogen-bond donors (Lipinski definition) is 3. The molecule has 100 valence electrons. The molecule has 0 fully saturated rings. The molecule has 18 heavy (non-hydrogen) atoms. The van der Waals surface area contributed by atoms with Crippen LogP contribution in [0.3, 0.4) is 0 Å². The maximum absolute atomic E-state index is 10.4. The van der Waals surface area contributed by atoms with E-state index in [0.29, 0.717) is 5.57 Å². The molecule has 1 heterocycles. The van der Waals surface area contributed by atoms with E-state index in [0.717, 1.165) is 10.7 Å². The van der Waals surface area contributed by atoms with Gasteiger partial charge < -0.3 is 15.3 Å². The second kappa shape index (κ2) is 6.63. The van der Waals surface area contributed by atoms with E-state index < -0.39 is 18.2 Å². The van der Waals surface area contributed by atoms with Gasteiger partial charge in [-0.2, -0.15) is 0 Å². The van der Waals surface area contributed by atoms with Crippen LogP contribution in [0, 0.1) is 6.92 Å². The van der Waals surface area contributed by atoms with E-state index in [1.165, 1.54) is 11.3 Å². The number of nitrogens with zero attached hydrogens (tertiary/aromatic N) is 1. The lowest BCUT2D eigenvalue weighted by molar-refractivity contribution is -0.139. The van der Waals surface area contributed by atoms with Crippen molar-refractivity contribution in [3.63, 3.8) is 0 Å². The summed E-state index contributed by atoms with van der Waals surface area (Å²) in [6, 6.07) is 0. The average molecular weight is 271 g/mol. The zero-order valence-electron chi connectivity index (χ0n) is 10.3. The van der Waals surface area contributed by atoms with Gasteiger partial charge in [0.2, 0.25) is 0 Å². The van der Waals surface area contributed by atoms with Crippen LogP contribution in [-0.4, -0.2) is 38.5 Å². The van der Waals surface area contributed by atoms with Gasteiger partial charge in [0.15, 0.2) is 0 Å². The van der Waals surface area contributed by atoms with Gasteiger partial charge in [0.1, 0.15) is 0 Å². The number of rotatable bonds is 6. The first kappa shape index (κ1) is 14.8. The Morgan fingerprint density at radius 1 is 1.56 bits per heavy atom. The van der Waals surface area contributed by atoms with Gasteiger partial charge in [-0.1, -0.05) is 0 Å². The van der Waals surface area contributed by atoms with E-state index in [1.807, 2.05) is 12.3 Å². The standard InChI is InChI=1S/C12H17NO4S/c1-7(3-9-6-18-8(2)13-9)11(15)4-10(14)5-12(16)17/h3,6,10-11,14-15H,4-5H2,1-2H3,(H,16,17)/b7-3+/t10-,11+/m0/s1. The van der Waals surface area contributed by atoms with Crippen molar-refractivity contribution in [1.82, 2.24) is 4.98 Å². The van der Waals surface area contributed by atoms with Crippen LogP contribution < -0.4 is 0 Å². The summed E-state index contributed by atoms with van der Waals surface area (Å²) in [6.07, 6.45) is -0.515. The molecule has 0 unspecified atom stereocenters. The van der Waals surface area contributed by atoms with Gasteiger partial charge in [-0.25, -0.2) is 4.98 Å². The quantitative estimate of drug-likeness (QED) is 0.728. The molecule has 0 aliphatic rings. The van der Waals surface area contributed by atoms with E-state index in [4.69, 9.17) is 5.11 Å².